The summed E-state index contributed by atoms with van der Waals surface area (Å²) in [4.78, 5) is 36.0. The van der Waals surface area contributed by atoms with Gasteiger partial charge in [-0.25, -0.2) is 13.8 Å². The number of hydrogen-bond acceptors (Lipinski definition) is 4. The molecule has 0 bridgehead atoms. The Kier molecular flexibility index (Phi) is 7.03. The van der Waals surface area contributed by atoms with Gasteiger partial charge < -0.3 is 15.0 Å². The Morgan fingerprint density at radius 2 is 1.85 bits per heavy atom. The lowest BCUT2D eigenvalue weighted by Gasteiger charge is -2.29. The third kappa shape index (κ3) is 5.19. The number of aliphatic hydroxyl groups is 1. The van der Waals surface area contributed by atoms with Crippen molar-refractivity contribution in [1.29, 1.82) is 0 Å². The molecular formula is C31H32ClF2N3O3. The molecule has 0 spiro atoms. The number of aliphatic hydroxyl groups excluding tert-OH is 1. The van der Waals surface area contributed by atoms with Gasteiger partial charge in [-0.1, -0.05) is 48.0 Å². The summed E-state index contributed by atoms with van der Waals surface area (Å²) in [5, 5.41) is 11.1. The average Bonchev–Trinajstić information content (AvgIpc) is 3.77. The van der Waals surface area contributed by atoms with Crippen molar-refractivity contribution >= 4 is 17.5 Å². The van der Waals surface area contributed by atoms with Crippen molar-refractivity contribution in [3.05, 3.63) is 97.7 Å². The first-order valence-corrected chi connectivity index (χ1v) is 14.4. The van der Waals surface area contributed by atoms with Gasteiger partial charge in [0, 0.05) is 24.4 Å². The Morgan fingerprint density at radius 3 is 2.58 bits per heavy atom. The summed E-state index contributed by atoms with van der Waals surface area (Å²) in [5.41, 5.74) is 3.00. The van der Waals surface area contributed by atoms with Crippen LogP contribution in [-0.4, -0.2) is 38.3 Å². The van der Waals surface area contributed by atoms with E-state index in [1.807, 2.05) is 18.2 Å². The quantitative estimate of drug-likeness (QED) is 0.408. The smallest absolute Gasteiger partial charge is 0.256 e. The number of rotatable bonds is 5. The van der Waals surface area contributed by atoms with Crippen LogP contribution in [0.3, 0.4) is 0 Å². The van der Waals surface area contributed by atoms with Gasteiger partial charge >= 0.3 is 0 Å². The van der Waals surface area contributed by atoms with Crippen molar-refractivity contribution in [1.82, 2.24) is 14.9 Å². The van der Waals surface area contributed by atoms with Crippen LogP contribution in [0.2, 0.25) is 5.02 Å². The van der Waals surface area contributed by atoms with E-state index < -0.39 is 23.3 Å². The van der Waals surface area contributed by atoms with Crippen molar-refractivity contribution in [3.63, 3.8) is 0 Å². The Labute approximate surface area is 236 Å². The number of aromatic nitrogens is 2. The van der Waals surface area contributed by atoms with Crippen molar-refractivity contribution in [2.24, 2.45) is 0 Å². The number of carbonyl (C=O) groups is 1. The summed E-state index contributed by atoms with van der Waals surface area (Å²) < 4.78 is 27.4. The molecule has 1 aromatic heterocycles. The van der Waals surface area contributed by atoms with E-state index in [4.69, 9.17) is 16.6 Å². The highest BCUT2D eigenvalue weighted by Crippen LogP contribution is 2.53. The predicted molar refractivity (Wildman–Crippen MR) is 148 cm³/mol. The Hall–Kier alpha value is -3.10. The number of carbonyl (C=O) groups excluding carboxylic acids is 1. The van der Waals surface area contributed by atoms with Crippen LogP contribution in [-0.2, 0) is 23.2 Å². The summed E-state index contributed by atoms with van der Waals surface area (Å²) >= 11 is 6.04. The molecule has 40 heavy (non-hydrogen) atoms. The second kappa shape index (κ2) is 10.4. The number of fused-ring (bicyclic) bond motifs is 1. The molecule has 2 aromatic carbocycles. The van der Waals surface area contributed by atoms with E-state index in [0.29, 0.717) is 59.9 Å². The molecular weight excluding hydrogens is 536 g/mol. The molecule has 6 nitrogen and oxygen atoms in total. The largest absolute Gasteiger partial charge is 0.378 e. The molecule has 1 amide bonds. The molecule has 2 fully saturated rings. The Balaban J connectivity index is 1.24. The molecule has 0 unspecified atom stereocenters. The highest BCUT2D eigenvalue weighted by Gasteiger charge is 2.49. The highest BCUT2D eigenvalue weighted by atomic mass is 35.5. The third-order valence-corrected chi connectivity index (χ3v) is 9.07. The van der Waals surface area contributed by atoms with Gasteiger partial charge in [0.25, 0.3) is 11.5 Å². The van der Waals surface area contributed by atoms with Crippen LogP contribution in [0, 0.1) is 0 Å². The Morgan fingerprint density at radius 1 is 1.10 bits per heavy atom. The number of halogens is 3. The minimum Gasteiger partial charge on any atom is -0.378 e. The van der Waals surface area contributed by atoms with E-state index in [-0.39, 0.29) is 30.9 Å². The summed E-state index contributed by atoms with van der Waals surface area (Å²) in [5.74, 6) is -2.30. The van der Waals surface area contributed by atoms with Crippen molar-refractivity contribution in [2.45, 2.75) is 81.3 Å². The Bertz CT molecular complexity index is 1490. The molecule has 9 heteroatoms. The first kappa shape index (κ1) is 27.1. The van der Waals surface area contributed by atoms with Gasteiger partial charge in [-0.05, 0) is 73.3 Å². The number of H-pyrrole nitrogens is 1. The lowest BCUT2D eigenvalue weighted by Crippen LogP contribution is -2.36. The minimum atomic E-state index is -2.56. The van der Waals surface area contributed by atoms with E-state index in [1.54, 1.807) is 24.3 Å². The monoisotopic (exact) mass is 567 g/mol. The van der Waals surface area contributed by atoms with E-state index in [2.05, 4.69) is 11.1 Å². The number of hydrogen-bond donors (Lipinski definition) is 2. The van der Waals surface area contributed by atoms with Crippen LogP contribution in [0.15, 0.2) is 53.3 Å². The van der Waals surface area contributed by atoms with E-state index in [1.165, 1.54) is 4.90 Å². The van der Waals surface area contributed by atoms with E-state index >= 15 is 0 Å². The molecule has 3 aromatic rings. The van der Waals surface area contributed by atoms with Gasteiger partial charge in [0.05, 0.1) is 23.2 Å². The fourth-order valence-electron chi connectivity index (χ4n) is 6.28. The first-order chi connectivity index (χ1) is 19.1. The molecule has 2 heterocycles. The van der Waals surface area contributed by atoms with Crippen LogP contribution in [0.4, 0.5) is 8.78 Å². The van der Waals surface area contributed by atoms with Crippen molar-refractivity contribution in [2.75, 3.05) is 6.54 Å². The lowest BCUT2D eigenvalue weighted by atomic mass is 9.80. The van der Waals surface area contributed by atoms with Crippen LogP contribution in [0.25, 0.3) is 0 Å². The number of aromatic amines is 1. The zero-order valence-corrected chi connectivity index (χ0v) is 22.9. The first-order valence-electron chi connectivity index (χ1n) is 14.0. The van der Waals surface area contributed by atoms with Gasteiger partial charge in [-0.2, -0.15) is 0 Å². The highest BCUT2D eigenvalue weighted by molar-refractivity contribution is 6.30. The molecule has 6 rings (SSSR count). The summed E-state index contributed by atoms with van der Waals surface area (Å²) in [6.45, 7) is 0.471. The summed E-state index contributed by atoms with van der Waals surface area (Å²) in [6.07, 6.45) is 2.27. The van der Waals surface area contributed by atoms with Gasteiger partial charge in [-0.3, -0.25) is 9.59 Å². The van der Waals surface area contributed by atoms with E-state index in [9.17, 15) is 23.5 Å². The zero-order chi connectivity index (χ0) is 28.1. The molecule has 1 aliphatic heterocycles. The molecule has 3 aliphatic rings. The summed E-state index contributed by atoms with van der Waals surface area (Å²) in [6, 6.07) is 14.7. The van der Waals surface area contributed by atoms with E-state index in [0.717, 1.165) is 24.0 Å². The normalized spacial score (nSPS) is 20.9. The van der Waals surface area contributed by atoms with Crippen molar-refractivity contribution in [3.8, 4) is 0 Å². The fraction of sp³-hybridized carbons (Fsp3) is 0.452. The molecule has 210 valence electrons. The molecule has 2 N–H and O–H groups in total. The SMILES string of the molecule is O=C([C@H](O)c1cccc(Cl)c1)N1CCCc2nc(C3(c4cccc(C5CCC(F)(F)CC5)c4)CC3)[nH]c(=O)c2C1. The predicted octanol–water partition coefficient (Wildman–Crippen LogP) is 5.80. The second-order valence-electron chi connectivity index (χ2n) is 11.5. The lowest BCUT2D eigenvalue weighted by molar-refractivity contribution is -0.141. The zero-order valence-electron chi connectivity index (χ0n) is 22.1. The number of nitrogens with zero attached hydrogens (tertiary/aromatic N) is 2. The number of benzene rings is 2. The molecule has 0 radical (unpaired) electrons. The van der Waals surface area contributed by atoms with Crippen LogP contribution in [0.1, 0.15) is 90.7 Å². The van der Waals surface area contributed by atoms with Crippen LogP contribution in [0.5, 0.6) is 0 Å². The van der Waals surface area contributed by atoms with Gasteiger partial charge in [0.1, 0.15) is 5.82 Å². The van der Waals surface area contributed by atoms with Crippen molar-refractivity contribution < 1.29 is 18.7 Å². The molecule has 2 aliphatic carbocycles. The maximum absolute atomic E-state index is 13.7. The number of aryl methyl sites for hydroxylation is 1. The number of amides is 1. The maximum atomic E-state index is 13.7. The van der Waals surface area contributed by atoms with Crippen LogP contribution >= 0.6 is 11.6 Å². The second-order valence-corrected chi connectivity index (χ2v) is 11.9. The standard InChI is InChI=1S/C31H32ClF2N3O3/c32-23-7-2-5-21(17-23)26(38)28(40)37-15-3-8-25-24(18-37)27(39)36-29(35-25)30(13-14-30)22-6-1-4-20(16-22)19-9-11-31(33,34)12-10-19/h1-2,4-7,16-17,19,26,38H,3,8-15,18H2,(H,35,36,39)/t26-/m1/s1. The maximum Gasteiger partial charge on any atom is 0.256 e. The third-order valence-electron chi connectivity index (χ3n) is 8.83. The minimum absolute atomic E-state index is 0.0726. The molecule has 0 saturated heterocycles. The van der Waals surface area contributed by atoms with Gasteiger partial charge in [-0.15, -0.1) is 0 Å². The molecule has 2 saturated carbocycles. The van der Waals surface area contributed by atoms with Gasteiger partial charge in [0.2, 0.25) is 5.92 Å². The number of alkyl halides is 2. The topological polar surface area (TPSA) is 86.3 Å². The summed E-state index contributed by atoms with van der Waals surface area (Å²) in [7, 11) is 0. The molecule has 1 atom stereocenters. The average molecular weight is 568 g/mol. The fourth-order valence-corrected chi connectivity index (χ4v) is 6.48. The van der Waals surface area contributed by atoms with Crippen LogP contribution < -0.4 is 5.56 Å². The van der Waals surface area contributed by atoms with Gasteiger partial charge in [0.15, 0.2) is 6.10 Å². The number of nitrogens with one attached hydrogen (secondary N) is 1.